The minimum absolute atomic E-state index is 0.0974. The number of rotatable bonds is 5. The minimum atomic E-state index is -0.555. The third kappa shape index (κ3) is 3.37. The van der Waals surface area contributed by atoms with Crippen LogP contribution in [-0.2, 0) is 17.9 Å². The summed E-state index contributed by atoms with van der Waals surface area (Å²) in [4.78, 5) is 20.7. The molecule has 9 nitrogen and oxygen atoms in total. The predicted molar refractivity (Wildman–Crippen MR) is 103 cm³/mol. The molecule has 1 amide bonds. The Bertz CT molecular complexity index is 1140. The molecule has 0 unspecified atom stereocenters. The summed E-state index contributed by atoms with van der Waals surface area (Å²) < 4.78 is 12.0. The van der Waals surface area contributed by atoms with Crippen molar-refractivity contribution in [3.63, 3.8) is 0 Å². The fourth-order valence-corrected chi connectivity index (χ4v) is 2.83. The number of nitrogens with zero attached hydrogens (tertiary/aromatic N) is 4. The van der Waals surface area contributed by atoms with Gasteiger partial charge in [0.15, 0.2) is 11.5 Å². The molecular formula is C19H18N6O3. The van der Waals surface area contributed by atoms with Gasteiger partial charge in [0.25, 0.3) is 0 Å². The van der Waals surface area contributed by atoms with E-state index in [1.54, 1.807) is 13.2 Å². The van der Waals surface area contributed by atoms with Crippen molar-refractivity contribution < 1.29 is 14.3 Å². The maximum absolute atomic E-state index is 11.9. The quantitative estimate of drug-likeness (QED) is 0.547. The van der Waals surface area contributed by atoms with E-state index in [9.17, 15) is 4.79 Å². The minimum Gasteiger partial charge on any atom is -0.494 e. The molecule has 0 aliphatic carbocycles. The maximum atomic E-state index is 11.9. The topological polar surface area (TPSA) is 117 Å². The highest BCUT2D eigenvalue weighted by Gasteiger charge is 2.15. The number of hydrogen-bond donors (Lipinski definition) is 2. The number of alkyl carbamates (subject to hydrolysis) is 1. The van der Waals surface area contributed by atoms with Crippen molar-refractivity contribution >= 4 is 28.6 Å². The standard InChI is InChI=1S/C19H18N6O3/c1-27-14-9-5-8-13-16(14)23-18(20)25-17(13)22-15(24-25)10-21-19(26)28-11-12-6-3-2-4-7-12/h2-9H,10-11H2,1H3,(H2,20,23)(H,21,26). The third-order valence-corrected chi connectivity index (χ3v) is 4.16. The van der Waals surface area contributed by atoms with Crippen molar-refractivity contribution in [2.24, 2.45) is 0 Å². The SMILES string of the molecule is COc1cccc2c1nc(N)n1nc(CNC(=O)OCc3ccccc3)nc21. The van der Waals surface area contributed by atoms with Gasteiger partial charge < -0.3 is 20.5 Å². The lowest BCUT2D eigenvalue weighted by Gasteiger charge is -2.06. The Labute approximate surface area is 160 Å². The number of benzene rings is 2. The van der Waals surface area contributed by atoms with E-state index in [4.69, 9.17) is 15.2 Å². The number of hydrogen-bond acceptors (Lipinski definition) is 7. The number of fused-ring (bicyclic) bond motifs is 3. The number of para-hydroxylation sites is 1. The number of nitrogens with one attached hydrogen (secondary N) is 1. The van der Waals surface area contributed by atoms with E-state index in [2.05, 4.69) is 20.4 Å². The molecule has 0 spiro atoms. The molecule has 0 saturated heterocycles. The number of ether oxygens (including phenoxy) is 2. The molecule has 142 valence electrons. The molecule has 0 aliphatic heterocycles. The van der Waals surface area contributed by atoms with Gasteiger partial charge in [-0.1, -0.05) is 36.4 Å². The molecule has 0 fully saturated rings. The Hall–Kier alpha value is -3.88. The Morgan fingerprint density at radius 3 is 2.75 bits per heavy atom. The van der Waals surface area contributed by atoms with E-state index in [0.717, 1.165) is 10.9 Å². The number of carbonyl (C=O) groups excluding carboxylic acids is 1. The zero-order valence-electron chi connectivity index (χ0n) is 15.1. The zero-order chi connectivity index (χ0) is 19.5. The first-order chi connectivity index (χ1) is 13.7. The van der Waals surface area contributed by atoms with Crippen molar-refractivity contribution in [2.75, 3.05) is 12.8 Å². The predicted octanol–water partition coefficient (Wildman–Crippen LogP) is 2.29. The Morgan fingerprint density at radius 1 is 1.14 bits per heavy atom. The molecule has 0 aliphatic rings. The summed E-state index contributed by atoms with van der Waals surface area (Å²) in [5, 5.41) is 7.70. The summed E-state index contributed by atoms with van der Waals surface area (Å²) in [6, 6.07) is 14.9. The number of carbonyl (C=O) groups is 1. The van der Waals surface area contributed by atoms with Gasteiger partial charge in [0.1, 0.15) is 17.9 Å². The molecule has 9 heteroatoms. The molecule has 28 heavy (non-hydrogen) atoms. The summed E-state index contributed by atoms with van der Waals surface area (Å²) in [5.74, 6) is 1.16. The van der Waals surface area contributed by atoms with Crippen LogP contribution in [0.2, 0.25) is 0 Å². The summed E-state index contributed by atoms with van der Waals surface area (Å²) in [6.07, 6.45) is -0.555. The molecule has 0 atom stereocenters. The maximum Gasteiger partial charge on any atom is 0.407 e. The van der Waals surface area contributed by atoms with Gasteiger partial charge in [-0.25, -0.2) is 14.8 Å². The van der Waals surface area contributed by atoms with E-state index in [-0.39, 0.29) is 19.1 Å². The normalized spacial score (nSPS) is 10.9. The second-order valence-corrected chi connectivity index (χ2v) is 6.01. The average molecular weight is 378 g/mol. The molecule has 0 saturated carbocycles. The number of aromatic nitrogens is 4. The molecule has 0 radical (unpaired) electrons. The molecule has 2 aromatic heterocycles. The number of nitrogen functional groups attached to an aromatic ring is 1. The molecular weight excluding hydrogens is 360 g/mol. The van der Waals surface area contributed by atoms with Crippen LogP contribution in [0.3, 0.4) is 0 Å². The smallest absolute Gasteiger partial charge is 0.407 e. The number of amides is 1. The Balaban J connectivity index is 1.51. The van der Waals surface area contributed by atoms with Crippen LogP contribution in [0.4, 0.5) is 10.7 Å². The van der Waals surface area contributed by atoms with Crippen LogP contribution < -0.4 is 15.8 Å². The van der Waals surface area contributed by atoms with Gasteiger partial charge in [0, 0.05) is 5.39 Å². The van der Waals surface area contributed by atoms with E-state index in [1.165, 1.54) is 4.52 Å². The van der Waals surface area contributed by atoms with Gasteiger partial charge in [-0.3, -0.25) is 0 Å². The highest BCUT2D eigenvalue weighted by atomic mass is 16.5. The lowest BCUT2D eigenvalue weighted by atomic mass is 10.2. The lowest BCUT2D eigenvalue weighted by molar-refractivity contribution is 0.139. The monoisotopic (exact) mass is 378 g/mol. The lowest BCUT2D eigenvalue weighted by Crippen LogP contribution is -2.24. The van der Waals surface area contributed by atoms with Crippen molar-refractivity contribution in [1.82, 2.24) is 24.9 Å². The van der Waals surface area contributed by atoms with Crippen LogP contribution in [0.25, 0.3) is 16.6 Å². The van der Waals surface area contributed by atoms with Crippen molar-refractivity contribution in [1.29, 1.82) is 0 Å². The highest BCUT2D eigenvalue weighted by molar-refractivity contribution is 5.95. The Kier molecular flexibility index (Phi) is 4.63. The van der Waals surface area contributed by atoms with E-state index < -0.39 is 6.09 Å². The Morgan fingerprint density at radius 2 is 1.96 bits per heavy atom. The average Bonchev–Trinajstić information content (AvgIpc) is 3.16. The molecule has 4 rings (SSSR count). The summed E-state index contributed by atoms with van der Waals surface area (Å²) in [7, 11) is 1.57. The van der Waals surface area contributed by atoms with E-state index in [1.807, 2.05) is 42.5 Å². The fraction of sp³-hybridized carbons (Fsp3) is 0.158. The first kappa shape index (κ1) is 17.5. The van der Waals surface area contributed by atoms with Crippen molar-refractivity contribution in [2.45, 2.75) is 13.2 Å². The van der Waals surface area contributed by atoms with E-state index in [0.29, 0.717) is 22.7 Å². The third-order valence-electron chi connectivity index (χ3n) is 4.16. The summed E-state index contributed by atoms with van der Waals surface area (Å²) in [5.41, 5.74) is 8.05. The highest BCUT2D eigenvalue weighted by Crippen LogP contribution is 2.27. The van der Waals surface area contributed by atoms with Gasteiger partial charge >= 0.3 is 6.09 Å². The molecule has 3 N–H and O–H groups in total. The summed E-state index contributed by atoms with van der Waals surface area (Å²) in [6.45, 7) is 0.284. The fourth-order valence-electron chi connectivity index (χ4n) is 2.83. The zero-order valence-corrected chi connectivity index (χ0v) is 15.1. The second kappa shape index (κ2) is 7.39. The molecule has 0 bridgehead atoms. The summed E-state index contributed by atoms with van der Waals surface area (Å²) >= 11 is 0. The molecule has 2 aromatic carbocycles. The molecule has 4 aromatic rings. The van der Waals surface area contributed by atoms with E-state index >= 15 is 0 Å². The van der Waals surface area contributed by atoms with Crippen LogP contribution in [0.1, 0.15) is 11.4 Å². The van der Waals surface area contributed by atoms with Gasteiger partial charge in [-0.2, -0.15) is 4.52 Å². The van der Waals surface area contributed by atoms with Gasteiger partial charge in [0.2, 0.25) is 5.95 Å². The number of methoxy groups -OCH3 is 1. The van der Waals surface area contributed by atoms with Gasteiger partial charge in [-0.05, 0) is 17.7 Å². The van der Waals surface area contributed by atoms with Crippen LogP contribution >= 0.6 is 0 Å². The van der Waals surface area contributed by atoms with Crippen molar-refractivity contribution in [3.05, 3.63) is 59.9 Å². The van der Waals surface area contributed by atoms with Gasteiger partial charge in [0.05, 0.1) is 13.7 Å². The van der Waals surface area contributed by atoms with Crippen LogP contribution in [0.15, 0.2) is 48.5 Å². The second-order valence-electron chi connectivity index (χ2n) is 6.01. The van der Waals surface area contributed by atoms with Crippen LogP contribution in [0, 0.1) is 0 Å². The first-order valence-corrected chi connectivity index (χ1v) is 8.58. The first-order valence-electron chi connectivity index (χ1n) is 8.58. The number of nitrogens with two attached hydrogens (primary N) is 1. The van der Waals surface area contributed by atoms with Crippen LogP contribution in [0.5, 0.6) is 5.75 Å². The number of anilines is 1. The van der Waals surface area contributed by atoms with Crippen LogP contribution in [-0.4, -0.2) is 32.8 Å². The largest absolute Gasteiger partial charge is 0.494 e. The van der Waals surface area contributed by atoms with Crippen molar-refractivity contribution in [3.8, 4) is 5.75 Å². The van der Waals surface area contributed by atoms with Gasteiger partial charge in [-0.15, -0.1) is 5.10 Å². The molecule has 2 heterocycles.